The average Bonchev–Trinajstić information content (AvgIpc) is 3.54. The van der Waals surface area contributed by atoms with Crippen molar-refractivity contribution in [2.75, 3.05) is 18.5 Å². The maximum atomic E-state index is 15.1. The Bertz CT molecular complexity index is 1270. The number of terminal acetylenes is 1. The highest BCUT2D eigenvalue weighted by molar-refractivity contribution is 8.15. The number of halogens is 2. The largest absolute Gasteiger partial charge is 0.463 e. The van der Waals surface area contributed by atoms with Crippen LogP contribution < -0.4 is 21.1 Å². The summed E-state index contributed by atoms with van der Waals surface area (Å²) < 4.78 is 34.3. The number of nitrogens with one attached hydrogen (secondary N) is 2. The van der Waals surface area contributed by atoms with E-state index in [0.717, 1.165) is 6.07 Å². The predicted octanol–water partition coefficient (Wildman–Crippen LogP) is 2.19. The highest BCUT2D eigenvalue weighted by Gasteiger charge is 2.66. The molecular weight excluding hydrogens is 478 g/mol. The van der Waals surface area contributed by atoms with Crippen molar-refractivity contribution in [1.29, 1.82) is 0 Å². The lowest BCUT2D eigenvalue weighted by Gasteiger charge is -2.34. The van der Waals surface area contributed by atoms with Gasteiger partial charge in [-0.25, -0.2) is 18.7 Å². The highest BCUT2D eigenvalue weighted by Crippen LogP contribution is 2.65. The molecule has 12 heteroatoms. The first-order valence-corrected chi connectivity index (χ1v) is 11.4. The minimum Gasteiger partial charge on any atom is -0.463 e. The van der Waals surface area contributed by atoms with E-state index in [4.69, 9.17) is 16.9 Å². The molecule has 2 amide bonds. The fourth-order valence-corrected chi connectivity index (χ4v) is 5.67. The van der Waals surface area contributed by atoms with Crippen molar-refractivity contribution >= 4 is 34.4 Å². The fourth-order valence-electron chi connectivity index (χ4n) is 4.25. The second-order valence-corrected chi connectivity index (χ2v) is 9.87. The maximum absolute atomic E-state index is 15.1. The van der Waals surface area contributed by atoms with Crippen LogP contribution in [0.2, 0.25) is 0 Å². The van der Waals surface area contributed by atoms with Crippen molar-refractivity contribution in [1.82, 2.24) is 15.3 Å². The van der Waals surface area contributed by atoms with Crippen molar-refractivity contribution in [3.8, 4) is 18.2 Å². The van der Waals surface area contributed by atoms with Gasteiger partial charge in [-0.1, -0.05) is 17.7 Å². The third-order valence-corrected chi connectivity index (χ3v) is 7.29. The molecule has 2 aromatic rings. The molecule has 4 rings (SSSR count). The molecule has 0 saturated heterocycles. The lowest BCUT2D eigenvalue weighted by atomic mass is 9.85. The van der Waals surface area contributed by atoms with Crippen LogP contribution in [-0.2, 0) is 10.3 Å². The van der Waals surface area contributed by atoms with Crippen LogP contribution in [0.25, 0.3) is 0 Å². The van der Waals surface area contributed by atoms with Gasteiger partial charge in [-0.3, -0.25) is 14.6 Å². The number of aromatic nitrogens is 2. The number of hydrogen-bond acceptors (Lipinski definition) is 8. The molecule has 0 unspecified atom stereocenters. The third-order valence-electron chi connectivity index (χ3n) is 5.99. The summed E-state index contributed by atoms with van der Waals surface area (Å²) in [6.45, 7) is 3.39. The highest BCUT2D eigenvalue weighted by atomic mass is 32.2. The molecule has 1 aromatic carbocycles. The lowest BCUT2D eigenvalue weighted by molar-refractivity contribution is -0.119. The van der Waals surface area contributed by atoms with E-state index in [9.17, 15) is 14.0 Å². The van der Waals surface area contributed by atoms with E-state index in [1.54, 1.807) is 6.92 Å². The molecule has 2 heterocycles. The van der Waals surface area contributed by atoms with Crippen molar-refractivity contribution in [3.05, 3.63) is 47.4 Å². The minimum atomic E-state index is -1.20. The number of nitrogens with zero attached hydrogens (tertiary/aromatic N) is 3. The molecule has 1 saturated carbocycles. The van der Waals surface area contributed by atoms with Crippen LogP contribution in [0.1, 0.15) is 36.3 Å². The van der Waals surface area contributed by atoms with E-state index >= 15 is 4.39 Å². The Morgan fingerprint density at radius 3 is 2.77 bits per heavy atom. The predicted molar refractivity (Wildman–Crippen MR) is 127 cm³/mol. The molecule has 0 radical (unpaired) electrons. The number of nitrogens with two attached hydrogens (primary N) is 1. The summed E-state index contributed by atoms with van der Waals surface area (Å²) in [5.74, 6) is -0.899. The van der Waals surface area contributed by atoms with Crippen LogP contribution >= 0.6 is 11.8 Å². The zero-order valence-electron chi connectivity index (χ0n) is 18.9. The van der Waals surface area contributed by atoms with Crippen LogP contribution in [0.3, 0.4) is 0 Å². The number of benzene rings is 1. The zero-order valence-corrected chi connectivity index (χ0v) is 19.7. The lowest BCUT2D eigenvalue weighted by Crippen LogP contribution is -2.41. The zero-order chi connectivity index (χ0) is 25.4. The van der Waals surface area contributed by atoms with Crippen molar-refractivity contribution in [3.63, 3.8) is 0 Å². The monoisotopic (exact) mass is 500 g/mol. The number of aliphatic imine (C=N–C) groups is 1. The SMILES string of the molecule is C#CCOc1cnc(C(=O)Nc2cc(F)c(F)c([C@]3(C)N=C(N)S[C@@]4(CNC(C)=O)C[C@H]43)c2)cn1. The number of carbonyl (C=O) groups excluding carboxylic acids is 2. The van der Waals surface area contributed by atoms with Crippen LogP contribution in [0.5, 0.6) is 5.88 Å². The summed E-state index contributed by atoms with van der Waals surface area (Å²) >= 11 is 1.32. The Labute approximate surface area is 204 Å². The molecule has 1 aliphatic heterocycles. The molecule has 1 fully saturated rings. The third kappa shape index (κ3) is 4.77. The Morgan fingerprint density at radius 1 is 1.34 bits per heavy atom. The van der Waals surface area contributed by atoms with Gasteiger partial charge in [0.1, 0.15) is 5.69 Å². The topological polar surface area (TPSA) is 132 Å². The van der Waals surface area contributed by atoms with Gasteiger partial charge in [0.25, 0.3) is 5.91 Å². The molecule has 182 valence electrons. The number of rotatable bonds is 7. The van der Waals surface area contributed by atoms with Crippen LogP contribution in [0.4, 0.5) is 14.5 Å². The van der Waals surface area contributed by atoms with Gasteiger partial charge in [0.2, 0.25) is 11.8 Å². The van der Waals surface area contributed by atoms with Gasteiger partial charge in [-0.2, -0.15) is 0 Å². The van der Waals surface area contributed by atoms with Gasteiger partial charge in [0.05, 0.1) is 17.9 Å². The van der Waals surface area contributed by atoms with E-state index < -0.39 is 27.8 Å². The quantitative estimate of drug-likeness (QED) is 0.497. The molecule has 2 aliphatic rings. The standard InChI is InChI=1S/C23H22F2N6O3S/c1-4-5-34-18-10-27-16(9-28-18)20(33)30-13-6-14(19(25)15(24)7-13)22(3)17-8-23(17,11-29-12(2)32)35-21(26)31-22/h1,6-7,9-10,17H,5,8,11H2,2-3H3,(H2,26,31)(H,29,32)(H,30,33)/t17-,22-,23+/m0/s1. The normalized spacial score (nSPS) is 24.4. The van der Waals surface area contributed by atoms with E-state index in [1.165, 1.54) is 37.1 Å². The first kappa shape index (κ1) is 24.4. The summed E-state index contributed by atoms with van der Waals surface area (Å²) in [5, 5.41) is 5.50. The van der Waals surface area contributed by atoms with E-state index in [1.807, 2.05) is 0 Å². The van der Waals surface area contributed by atoms with E-state index in [2.05, 4.69) is 31.5 Å². The molecule has 35 heavy (non-hydrogen) atoms. The van der Waals surface area contributed by atoms with Crippen LogP contribution in [0.15, 0.2) is 29.5 Å². The number of carbonyl (C=O) groups is 2. The number of amides is 2. The minimum absolute atomic E-state index is 0.00474. The van der Waals surface area contributed by atoms with Crippen molar-refractivity contribution in [2.45, 2.75) is 30.6 Å². The first-order chi connectivity index (χ1) is 16.6. The van der Waals surface area contributed by atoms with Gasteiger partial charge >= 0.3 is 0 Å². The number of thioether (sulfide) groups is 1. The summed E-state index contributed by atoms with van der Waals surface area (Å²) in [7, 11) is 0. The van der Waals surface area contributed by atoms with Crippen molar-refractivity contribution in [2.24, 2.45) is 16.6 Å². The van der Waals surface area contributed by atoms with Gasteiger partial charge in [0, 0.05) is 41.5 Å². The molecule has 0 spiro atoms. The molecule has 1 aliphatic carbocycles. The molecule has 1 aromatic heterocycles. The number of hydrogen-bond donors (Lipinski definition) is 3. The summed E-state index contributed by atoms with van der Waals surface area (Å²) in [5.41, 5.74) is 4.76. The molecule has 9 nitrogen and oxygen atoms in total. The number of amidine groups is 1. The van der Waals surface area contributed by atoms with Crippen LogP contribution in [0, 0.1) is 29.9 Å². The summed E-state index contributed by atoms with van der Waals surface area (Å²) in [6, 6.07) is 2.21. The molecule has 0 bridgehead atoms. The second-order valence-electron chi connectivity index (χ2n) is 8.44. The Kier molecular flexibility index (Phi) is 6.38. The summed E-state index contributed by atoms with van der Waals surface area (Å²) in [4.78, 5) is 36.4. The van der Waals surface area contributed by atoms with Gasteiger partial charge in [-0.05, 0) is 19.4 Å². The van der Waals surface area contributed by atoms with Gasteiger partial charge in [-0.15, -0.1) is 6.42 Å². The molecular formula is C23H22F2N6O3S. The second kappa shape index (κ2) is 9.14. The Morgan fingerprint density at radius 2 is 2.11 bits per heavy atom. The average molecular weight is 501 g/mol. The fraction of sp³-hybridized carbons (Fsp3) is 0.348. The van der Waals surface area contributed by atoms with Crippen LogP contribution in [-0.4, -0.2) is 44.8 Å². The molecule has 4 N–H and O–H groups in total. The van der Waals surface area contributed by atoms with Crippen molar-refractivity contribution < 1.29 is 23.1 Å². The van der Waals surface area contributed by atoms with Gasteiger partial charge in [0.15, 0.2) is 23.4 Å². The van der Waals surface area contributed by atoms with E-state index in [-0.39, 0.29) is 46.4 Å². The number of anilines is 1. The Hall–Kier alpha value is -3.72. The first-order valence-electron chi connectivity index (χ1n) is 10.6. The molecule has 3 atom stereocenters. The smallest absolute Gasteiger partial charge is 0.275 e. The number of fused-ring (bicyclic) bond motifs is 1. The number of ether oxygens (including phenoxy) is 1. The van der Waals surface area contributed by atoms with Gasteiger partial charge < -0.3 is 21.1 Å². The summed E-state index contributed by atoms with van der Waals surface area (Å²) in [6.07, 6.45) is 8.11. The maximum Gasteiger partial charge on any atom is 0.275 e. The van der Waals surface area contributed by atoms with E-state index in [0.29, 0.717) is 13.0 Å². The Balaban J connectivity index is 1.60.